The number of amides is 1. The Morgan fingerprint density at radius 1 is 1.20 bits per heavy atom. The first-order chi connectivity index (χ1) is 14.6. The molecular weight excluding hydrogens is 376 g/mol. The zero-order valence-electron chi connectivity index (χ0n) is 17.4. The van der Waals surface area contributed by atoms with Crippen molar-refractivity contribution in [2.75, 3.05) is 24.5 Å². The molecule has 1 N–H and O–H groups in total. The molecule has 2 aromatic heterocycles. The van der Waals surface area contributed by atoms with Gasteiger partial charge in [-0.05, 0) is 55.7 Å². The number of para-hydroxylation sites is 1. The Kier molecular flexibility index (Phi) is 4.31. The lowest BCUT2D eigenvalue weighted by Gasteiger charge is -2.47. The maximum Gasteiger partial charge on any atom is 0.257 e. The number of rotatable bonds is 3. The fraction of sp³-hybridized carbons (Fsp3) is 0.333. The van der Waals surface area contributed by atoms with Gasteiger partial charge in [0.25, 0.3) is 5.91 Å². The van der Waals surface area contributed by atoms with E-state index in [1.54, 1.807) is 6.07 Å². The van der Waals surface area contributed by atoms with E-state index in [4.69, 9.17) is 0 Å². The number of hydrogen-bond acceptors (Lipinski definition) is 4. The molecule has 1 saturated heterocycles. The summed E-state index contributed by atoms with van der Waals surface area (Å²) in [6.07, 6.45) is 5.73. The van der Waals surface area contributed by atoms with Crippen molar-refractivity contribution in [3.8, 4) is 11.6 Å². The van der Waals surface area contributed by atoms with Crippen molar-refractivity contribution in [2.45, 2.75) is 32.2 Å². The summed E-state index contributed by atoms with van der Waals surface area (Å²) >= 11 is 0. The van der Waals surface area contributed by atoms with Gasteiger partial charge >= 0.3 is 0 Å². The number of nitrogens with zero attached hydrogens (tertiary/aromatic N) is 4. The van der Waals surface area contributed by atoms with Crippen molar-refractivity contribution in [3.05, 3.63) is 71.7 Å². The molecule has 2 aliphatic heterocycles. The first-order valence-corrected chi connectivity index (χ1v) is 10.6. The Bertz CT molecular complexity index is 1120. The highest BCUT2D eigenvalue weighted by Gasteiger charge is 2.50. The van der Waals surface area contributed by atoms with E-state index >= 15 is 0 Å². The average molecular weight is 402 g/mol. The van der Waals surface area contributed by atoms with E-state index in [2.05, 4.69) is 45.8 Å². The predicted molar refractivity (Wildman–Crippen MR) is 116 cm³/mol. The summed E-state index contributed by atoms with van der Waals surface area (Å²) < 4.78 is 2.17. The van der Waals surface area contributed by atoms with Gasteiger partial charge in [0.15, 0.2) is 5.82 Å². The van der Waals surface area contributed by atoms with Gasteiger partial charge in [0.2, 0.25) is 0 Å². The van der Waals surface area contributed by atoms with Gasteiger partial charge < -0.3 is 19.5 Å². The van der Waals surface area contributed by atoms with Crippen LogP contribution in [0.2, 0.25) is 0 Å². The number of phenols is 1. The van der Waals surface area contributed by atoms with Crippen LogP contribution >= 0.6 is 0 Å². The van der Waals surface area contributed by atoms with E-state index in [0.29, 0.717) is 24.2 Å². The maximum atomic E-state index is 13.3. The summed E-state index contributed by atoms with van der Waals surface area (Å²) in [5.41, 5.74) is 3.07. The fourth-order valence-electron chi connectivity index (χ4n) is 5.05. The molecule has 1 amide bonds. The third-order valence-corrected chi connectivity index (χ3v) is 6.48. The Hall–Kier alpha value is -3.28. The van der Waals surface area contributed by atoms with Crippen molar-refractivity contribution in [1.29, 1.82) is 0 Å². The third-order valence-electron chi connectivity index (χ3n) is 6.48. The van der Waals surface area contributed by atoms with Gasteiger partial charge in [-0.25, -0.2) is 4.98 Å². The lowest BCUT2D eigenvalue weighted by atomic mass is 9.88. The second-order valence-corrected chi connectivity index (χ2v) is 8.24. The summed E-state index contributed by atoms with van der Waals surface area (Å²) in [5, 5.41) is 10.5. The molecule has 3 aromatic rings. The van der Waals surface area contributed by atoms with E-state index in [9.17, 15) is 9.90 Å². The van der Waals surface area contributed by atoms with E-state index < -0.39 is 0 Å². The Labute approximate surface area is 176 Å². The van der Waals surface area contributed by atoms with Gasteiger partial charge in [0, 0.05) is 32.0 Å². The normalized spacial score (nSPS) is 19.8. The molecule has 4 heterocycles. The van der Waals surface area contributed by atoms with Crippen molar-refractivity contribution < 1.29 is 9.90 Å². The molecule has 30 heavy (non-hydrogen) atoms. The molecule has 154 valence electrons. The fourth-order valence-corrected chi connectivity index (χ4v) is 5.05. The van der Waals surface area contributed by atoms with Gasteiger partial charge in [0.05, 0.1) is 16.9 Å². The van der Waals surface area contributed by atoms with Gasteiger partial charge in [-0.1, -0.05) is 19.1 Å². The smallest absolute Gasteiger partial charge is 0.257 e. The van der Waals surface area contributed by atoms with Crippen LogP contribution in [0.15, 0.2) is 54.9 Å². The topological polar surface area (TPSA) is 61.6 Å². The molecule has 2 aliphatic rings. The summed E-state index contributed by atoms with van der Waals surface area (Å²) in [6.45, 7) is 6.12. The van der Waals surface area contributed by atoms with E-state index in [-0.39, 0.29) is 17.2 Å². The number of aromatic nitrogens is 2. The SMILES string of the molecule is CCCN1c2cccnc2-n2cccc2[C@@]12CCN(C(=O)c1cccc(C)c1O)C2. The zero-order chi connectivity index (χ0) is 20.9. The number of aromatic hydroxyl groups is 1. The minimum atomic E-state index is -0.301. The Morgan fingerprint density at radius 2 is 2.07 bits per heavy atom. The number of hydrogen-bond donors (Lipinski definition) is 1. The molecule has 5 rings (SSSR count). The zero-order valence-corrected chi connectivity index (χ0v) is 17.4. The minimum Gasteiger partial charge on any atom is -0.507 e. The van der Waals surface area contributed by atoms with Crippen molar-refractivity contribution in [2.24, 2.45) is 0 Å². The molecule has 0 aliphatic carbocycles. The van der Waals surface area contributed by atoms with Crippen molar-refractivity contribution >= 4 is 11.6 Å². The number of pyridine rings is 1. The number of fused-ring (bicyclic) bond motifs is 4. The number of carbonyl (C=O) groups is 1. The second kappa shape index (κ2) is 6.90. The maximum absolute atomic E-state index is 13.3. The van der Waals surface area contributed by atoms with Crippen LogP contribution in [0.3, 0.4) is 0 Å². The Balaban J connectivity index is 1.57. The van der Waals surface area contributed by atoms with Crippen molar-refractivity contribution in [1.82, 2.24) is 14.5 Å². The van der Waals surface area contributed by atoms with Crippen LogP contribution in [0.25, 0.3) is 5.82 Å². The van der Waals surface area contributed by atoms with Crippen LogP contribution < -0.4 is 4.90 Å². The standard InChI is InChI=1S/C24H26N4O2/c1-3-13-28-19-9-5-12-25-22(19)27-14-6-10-20(27)24(28)11-15-26(16-24)23(30)18-8-4-7-17(2)21(18)29/h4-10,12,14,29H,3,11,13,15-16H2,1-2H3/t24-/m0/s1. The number of carbonyl (C=O) groups excluding carboxylic acids is 1. The molecule has 0 saturated carbocycles. The molecule has 1 spiro atoms. The monoisotopic (exact) mass is 402 g/mol. The lowest BCUT2D eigenvalue weighted by Crippen LogP contribution is -2.53. The highest BCUT2D eigenvalue weighted by atomic mass is 16.3. The van der Waals surface area contributed by atoms with Crippen LogP contribution in [-0.4, -0.2) is 45.1 Å². The van der Waals surface area contributed by atoms with E-state index in [0.717, 1.165) is 30.9 Å². The Morgan fingerprint density at radius 3 is 2.90 bits per heavy atom. The van der Waals surface area contributed by atoms with Gasteiger partial charge in [-0.15, -0.1) is 0 Å². The van der Waals surface area contributed by atoms with Crippen molar-refractivity contribution in [3.63, 3.8) is 0 Å². The van der Waals surface area contributed by atoms with E-state index in [1.807, 2.05) is 36.2 Å². The summed E-state index contributed by atoms with van der Waals surface area (Å²) in [5.74, 6) is 0.910. The molecule has 6 nitrogen and oxygen atoms in total. The van der Waals surface area contributed by atoms with Gasteiger partial charge in [-0.3, -0.25) is 4.79 Å². The molecule has 1 aromatic carbocycles. The summed E-state index contributed by atoms with van der Waals surface area (Å²) in [4.78, 5) is 22.3. The second-order valence-electron chi connectivity index (χ2n) is 8.24. The minimum absolute atomic E-state index is 0.0791. The van der Waals surface area contributed by atoms with E-state index in [1.165, 1.54) is 5.69 Å². The van der Waals surface area contributed by atoms with Crippen LogP contribution in [0.1, 0.15) is 41.4 Å². The van der Waals surface area contributed by atoms with Crippen LogP contribution in [0.4, 0.5) is 5.69 Å². The first-order valence-electron chi connectivity index (χ1n) is 10.6. The molecule has 1 fully saturated rings. The molecule has 0 bridgehead atoms. The van der Waals surface area contributed by atoms with Crippen LogP contribution in [-0.2, 0) is 5.54 Å². The third kappa shape index (κ3) is 2.56. The van der Waals surface area contributed by atoms with Crippen LogP contribution in [0, 0.1) is 6.92 Å². The van der Waals surface area contributed by atoms with Gasteiger partial charge in [-0.2, -0.15) is 0 Å². The average Bonchev–Trinajstić information content (AvgIpc) is 3.42. The number of phenolic OH excluding ortho intramolecular Hbond substituents is 1. The molecule has 0 radical (unpaired) electrons. The summed E-state index contributed by atoms with van der Waals surface area (Å²) in [6, 6.07) is 13.7. The lowest BCUT2D eigenvalue weighted by molar-refractivity contribution is 0.0779. The predicted octanol–water partition coefficient (Wildman–Crippen LogP) is 3.86. The largest absolute Gasteiger partial charge is 0.507 e. The van der Waals surface area contributed by atoms with Crippen LogP contribution in [0.5, 0.6) is 5.75 Å². The summed E-state index contributed by atoms with van der Waals surface area (Å²) in [7, 11) is 0. The molecule has 0 unspecified atom stereocenters. The first kappa shape index (κ1) is 18.7. The highest BCUT2D eigenvalue weighted by molar-refractivity contribution is 5.97. The molecular formula is C24H26N4O2. The number of anilines is 1. The van der Waals surface area contributed by atoms with Gasteiger partial charge in [0.1, 0.15) is 11.3 Å². The number of benzene rings is 1. The number of likely N-dealkylation sites (tertiary alicyclic amines) is 1. The molecule has 1 atom stereocenters. The molecule has 6 heteroatoms. The number of aryl methyl sites for hydroxylation is 1. The quantitative estimate of drug-likeness (QED) is 0.723. The highest BCUT2D eigenvalue weighted by Crippen LogP contribution is 2.47.